The number of rotatable bonds is 4. The molecule has 2 aromatic rings. The maximum absolute atomic E-state index is 11.9. The molecule has 96 valence electrons. The van der Waals surface area contributed by atoms with E-state index in [1.54, 1.807) is 0 Å². The van der Waals surface area contributed by atoms with Crippen molar-refractivity contribution in [1.29, 1.82) is 0 Å². The average Bonchev–Trinajstić information content (AvgIpc) is 2.73. The zero-order chi connectivity index (χ0) is 13.2. The van der Waals surface area contributed by atoms with E-state index in [4.69, 9.17) is 5.11 Å². The first-order chi connectivity index (χ1) is 8.47. The lowest BCUT2D eigenvalue weighted by atomic mass is 10.3. The molecule has 0 spiro atoms. The van der Waals surface area contributed by atoms with E-state index in [-0.39, 0.29) is 17.2 Å². The Morgan fingerprint density at radius 3 is 2.39 bits per heavy atom. The van der Waals surface area contributed by atoms with Gasteiger partial charge in [0.1, 0.15) is 5.75 Å². The Labute approximate surface area is 117 Å². The minimum atomic E-state index is -3.54. The quantitative estimate of drug-likeness (QED) is 0.893. The van der Waals surface area contributed by atoms with E-state index in [0.29, 0.717) is 0 Å². The molecule has 0 fully saturated rings. The van der Waals surface area contributed by atoms with E-state index in [2.05, 4.69) is 20.7 Å². The van der Waals surface area contributed by atoms with Crippen LogP contribution in [0.3, 0.4) is 0 Å². The predicted octanol–water partition coefficient (Wildman–Crippen LogP) is 2.69. The number of phenols is 1. The zero-order valence-electron chi connectivity index (χ0n) is 9.13. The Kier molecular flexibility index (Phi) is 4.06. The second kappa shape index (κ2) is 5.40. The fourth-order valence-corrected chi connectivity index (χ4v) is 3.84. The number of benzene rings is 1. The Morgan fingerprint density at radius 1 is 1.17 bits per heavy atom. The maximum atomic E-state index is 11.9. The van der Waals surface area contributed by atoms with E-state index < -0.39 is 10.0 Å². The molecule has 0 saturated heterocycles. The minimum absolute atomic E-state index is 0.0381. The first kappa shape index (κ1) is 13.5. The van der Waals surface area contributed by atoms with Crippen LogP contribution in [0.4, 0.5) is 0 Å². The third-order valence-electron chi connectivity index (χ3n) is 2.21. The van der Waals surface area contributed by atoms with Crippen LogP contribution in [0.5, 0.6) is 5.75 Å². The Balaban J connectivity index is 2.10. The van der Waals surface area contributed by atoms with Crippen LogP contribution in [0.15, 0.2) is 45.1 Å². The summed E-state index contributed by atoms with van der Waals surface area (Å²) < 4.78 is 27.3. The summed E-state index contributed by atoms with van der Waals surface area (Å²) in [4.78, 5) is 1.06. The Hall–Kier alpha value is -0.890. The van der Waals surface area contributed by atoms with Crippen LogP contribution in [0.2, 0.25) is 0 Å². The van der Waals surface area contributed by atoms with Gasteiger partial charge in [-0.1, -0.05) is 0 Å². The van der Waals surface area contributed by atoms with Crippen LogP contribution in [-0.2, 0) is 16.6 Å². The van der Waals surface area contributed by atoms with Gasteiger partial charge in [-0.25, -0.2) is 13.1 Å². The topological polar surface area (TPSA) is 66.4 Å². The molecule has 18 heavy (non-hydrogen) atoms. The average molecular weight is 348 g/mol. The Bertz CT molecular complexity index is 635. The summed E-state index contributed by atoms with van der Waals surface area (Å²) in [6.45, 7) is 0.249. The number of phenolic OH excluding ortho intramolecular Hbond substituents is 1. The lowest BCUT2D eigenvalue weighted by Crippen LogP contribution is -2.22. The second-order valence-electron chi connectivity index (χ2n) is 3.52. The number of thiophene rings is 1. The number of nitrogens with one attached hydrogen (secondary N) is 1. The molecule has 0 bridgehead atoms. The highest BCUT2D eigenvalue weighted by molar-refractivity contribution is 9.11. The fourth-order valence-electron chi connectivity index (χ4n) is 1.32. The number of sulfonamides is 1. The highest BCUT2D eigenvalue weighted by Gasteiger charge is 2.13. The van der Waals surface area contributed by atoms with Crippen molar-refractivity contribution in [2.45, 2.75) is 11.4 Å². The minimum Gasteiger partial charge on any atom is -0.508 e. The normalized spacial score (nSPS) is 11.6. The molecule has 0 aliphatic carbocycles. The fraction of sp³-hybridized carbons (Fsp3) is 0.0909. The molecule has 0 atom stereocenters. The third kappa shape index (κ3) is 3.32. The smallest absolute Gasteiger partial charge is 0.240 e. The van der Waals surface area contributed by atoms with Gasteiger partial charge in [0, 0.05) is 11.4 Å². The van der Waals surface area contributed by atoms with Crippen molar-refractivity contribution >= 4 is 37.3 Å². The van der Waals surface area contributed by atoms with Crippen molar-refractivity contribution in [3.63, 3.8) is 0 Å². The highest BCUT2D eigenvalue weighted by atomic mass is 79.9. The summed E-state index contributed by atoms with van der Waals surface area (Å²) in [7, 11) is -3.54. The molecular weight excluding hydrogens is 338 g/mol. The van der Waals surface area contributed by atoms with Gasteiger partial charge in [-0.2, -0.15) is 0 Å². The molecule has 0 amide bonds. The van der Waals surface area contributed by atoms with E-state index in [1.807, 2.05) is 12.1 Å². The maximum Gasteiger partial charge on any atom is 0.240 e. The van der Waals surface area contributed by atoms with Crippen molar-refractivity contribution in [1.82, 2.24) is 4.72 Å². The van der Waals surface area contributed by atoms with Crippen molar-refractivity contribution in [2.75, 3.05) is 0 Å². The first-order valence-corrected chi connectivity index (χ1v) is 8.09. The molecule has 2 rings (SSSR count). The van der Waals surface area contributed by atoms with E-state index >= 15 is 0 Å². The number of hydrogen-bond donors (Lipinski definition) is 2. The van der Waals surface area contributed by atoms with Gasteiger partial charge >= 0.3 is 0 Å². The summed E-state index contributed by atoms with van der Waals surface area (Å²) in [5, 5.41) is 9.11. The van der Waals surface area contributed by atoms with Crippen LogP contribution < -0.4 is 4.72 Å². The van der Waals surface area contributed by atoms with Crippen LogP contribution in [0, 0.1) is 0 Å². The molecule has 1 aromatic heterocycles. The van der Waals surface area contributed by atoms with Gasteiger partial charge in [-0.05, 0) is 52.3 Å². The molecular formula is C11H10BrNO3S2. The van der Waals surface area contributed by atoms with Crippen LogP contribution in [-0.4, -0.2) is 13.5 Å². The van der Waals surface area contributed by atoms with Crippen LogP contribution in [0.1, 0.15) is 4.88 Å². The monoisotopic (exact) mass is 347 g/mol. The molecule has 0 aliphatic heterocycles. The van der Waals surface area contributed by atoms with Gasteiger partial charge in [-0.15, -0.1) is 11.3 Å². The lowest BCUT2D eigenvalue weighted by molar-refractivity contribution is 0.474. The van der Waals surface area contributed by atoms with Gasteiger partial charge in [0.2, 0.25) is 10.0 Å². The molecule has 0 radical (unpaired) electrons. The summed E-state index contributed by atoms with van der Waals surface area (Å²) in [5.41, 5.74) is 0. The van der Waals surface area contributed by atoms with Gasteiger partial charge in [0.15, 0.2) is 0 Å². The molecule has 1 heterocycles. The molecule has 0 aliphatic rings. The molecule has 0 saturated carbocycles. The SMILES string of the molecule is O=S(=O)(NCc1ccc(Br)s1)c1ccc(O)cc1. The highest BCUT2D eigenvalue weighted by Crippen LogP contribution is 2.22. The second-order valence-corrected chi connectivity index (χ2v) is 7.84. The van der Waals surface area contributed by atoms with Crippen LogP contribution in [0.25, 0.3) is 0 Å². The van der Waals surface area contributed by atoms with Crippen molar-refractivity contribution < 1.29 is 13.5 Å². The third-order valence-corrected chi connectivity index (χ3v) is 5.25. The van der Waals surface area contributed by atoms with E-state index in [0.717, 1.165) is 8.66 Å². The number of aromatic hydroxyl groups is 1. The first-order valence-electron chi connectivity index (χ1n) is 5.00. The summed E-state index contributed by atoms with van der Waals surface area (Å²) in [6, 6.07) is 9.14. The van der Waals surface area contributed by atoms with Gasteiger partial charge in [0.05, 0.1) is 8.68 Å². The zero-order valence-corrected chi connectivity index (χ0v) is 12.3. The van der Waals surface area contributed by atoms with Gasteiger partial charge < -0.3 is 5.11 Å². The predicted molar refractivity (Wildman–Crippen MR) is 74.2 cm³/mol. The van der Waals surface area contributed by atoms with Gasteiger partial charge in [0.25, 0.3) is 0 Å². The van der Waals surface area contributed by atoms with Crippen molar-refractivity contribution in [2.24, 2.45) is 0 Å². The number of halogens is 1. The van der Waals surface area contributed by atoms with Crippen LogP contribution >= 0.6 is 27.3 Å². The van der Waals surface area contributed by atoms with Gasteiger partial charge in [-0.3, -0.25) is 0 Å². The summed E-state index contributed by atoms with van der Waals surface area (Å²) in [5.74, 6) is 0.0381. The number of hydrogen-bond acceptors (Lipinski definition) is 4. The van der Waals surface area contributed by atoms with Crippen molar-refractivity contribution in [3.05, 3.63) is 45.1 Å². The largest absolute Gasteiger partial charge is 0.508 e. The molecule has 2 N–H and O–H groups in total. The molecule has 0 unspecified atom stereocenters. The molecule has 1 aromatic carbocycles. The lowest BCUT2D eigenvalue weighted by Gasteiger charge is -2.05. The molecule has 4 nitrogen and oxygen atoms in total. The van der Waals surface area contributed by atoms with Crippen molar-refractivity contribution in [3.8, 4) is 5.75 Å². The summed E-state index contributed by atoms with van der Waals surface area (Å²) in [6.07, 6.45) is 0. The van der Waals surface area contributed by atoms with E-state index in [1.165, 1.54) is 35.6 Å². The summed E-state index contributed by atoms with van der Waals surface area (Å²) >= 11 is 4.79. The Morgan fingerprint density at radius 2 is 1.83 bits per heavy atom. The molecule has 7 heteroatoms. The standard InChI is InChI=1S/C11H10BrNO3S2/c12-11-6-3-9(17-11)7-13-18(15,16)10-4-1-8(14)2-5-10/h1-6,13-14H,7H2. The van der Waals surface area contributed by atoms with E-state index in [9.17, 15) is 8.42 Å².